The number of nitrogens with one attached hydrogen (secondary N) is 1. The molecule has 0 aliphatic rings. The first kappa shape index (κ1) is 16.2. The van der Waals surface area contributed by atoms with Gasteiger partial charge in [-0.05, 0) is 51.1 Å². The number of nitrogens with two attached hydrogens (primary N) is 1. The van der Waals surface area contributed by atoms with Gasteiger partial charge in [0.25, 0.3) is 5.91 Å². The highest BCUT2D eigenvalue weighted by Gasteiger charge is 2.15. The van der Waals surface area contributed by atoms with E-state index in [0.717, 1.165) is 0 Å². The van der Waals surface area contributed by atoms with E-state index in [9.17, 15) is 9.18 Å². The molecular weight excluding hydrogens is 259 g/mol. The largest absolute Gasteiger partial charge is 0.487 e. The molecule has 0 aliphatic carbocycles. The summed E-state index contributed by atoms with van der Waals surface area (Å²) in [6.07, 6.45) is 1.26. The van der Waals surface area contributed by atoms with E-state index >= 15 is 0 Å². The molecule has 0 heterocycles. The van der Waals surface area contributed by atoms with Crippen LogP contribution in [0.25, 0.3) is 0 Å². The van der Waals surface area contributed by atoms with Gasteiger partial charge in [0.15, 0.2) is 0 Å². The molecule has 1 rings (SSSR count). The summed E-state index contributed by atoms with van der Waals surface area (Å²) in [6.45, 7) is 5.71. The number of amides is 1. The van der Waals surface area contributed by atoms with Gasteiger partial charge in [-0.25, -0.2) is 4.39 Å². The van der Waals surface area contributed by atoms with Crippen LogP contribution in [0, 0.1) is 0 Å². The zero-order valence-electron chi connectivity index (χ0n) is 12.1. The summed E-state index contributed by atoms with van der Waals surface area (Å²) in [6, 6.07) is 6.54. The molecular formula is C15H21FN2O2. The molecule has 0 saturated carbocycles. The van der Waals surface area contributed by atoms with Crippen LogP contribution in [-0.2, 0) is 0 Å². The van der Waals surface area contributed by atoms with E-state index in [1.165, 1.54) is 6.08 Å². The highest BCUT2D eigenvalue weighted by Crippen LogP contribution is 2.14. The van der Waals surface area contributed by atoms with Crippen LogP contribution in [0.3, 0.4) is 0 Å². The minimum Gasteiger partial charge on any atom is -0.487 e. The number of ether oxygens (including phenoxy) is 1. The summed E-state index contributed by atoms with van der Waals surface area (Å²) in [4.78, 5) is 11.9. The Labute approximate surface area is 118 Å². The lowest BCUT2D eigenvalue weighted by atomic mass is 10.1. The molecule has 1 aromatic rings. The monoisotopic (exact) mass is 280 g/mol. The zero-order chi connectivity index (χ0) is 15.2. The minimum atomic E-state index is -0.415. The van der Waals surface area contributed by atoms with Crippen molar-refractivity contribution in [1.82, 2.24) is 5.32 Å². The topological polar surface area (TPSA) is 64.3 Å². The van der Waals surface area contributed by atoms with Crippen molar-refractivity contribution in [1.29, 1.82) is 0 Å². The number of benzene rings is 1. The lowest BCUT2D eigenvalue weighted by Gasteiger charge is -2.20. The normalized spacial score (nSPS) is 12.2. The van der Waals surface area contributed by atoms with E-state index in [-0.39, 0.29) is 24.6 Å². The van der Waals surface area contributed by atoms with Crippen molar-refractivity contribution < 1.29 is 13.9 Å². The van der Waals surface area contributed by atoms with Gasteiger partial charge < -0.3 is 15.8 Å². The summed E-state index contributed by atoms with van der Waals surface area (Å²) < 4.78 is 18.3. The maximum absolute atomic E-state index is 13.1. The van der Waals surface area contributed by atoms with Crippen LogP contribution in [0.1, 0.15) is 31.1 Å². The van der Waals surface area contributed by atoms with E-state index in [2.05, 4.69) is 5.32 Å². The predicted molar refractivity (Wildman–Crippen MR) is 77.4 cm³/mol. The van der Waals surface area contributed by atoms with Crippen molar-refractivity contribution in [3.05, 3.63) is 41.7 Å². The Bertz CT molecular complexity index is 476. The quantitative estimate of drug-likeness (QED) is 0.870. The maximum Gasteiger partial charge on any atom is 0.251 e. The Morgan fingerprint density at radius 1 is 1.35 bits per heavy atom. The molecule has 0 unspecified atom stereocenters. The summed E-state index contributed by atoms with van der Waals surface area (Å²) in [5.74, 6) is -0.0711. The van der Waals surface area contributed by atoms with Gasteiger partial charge in [0, 0.05) is 17.6 Å². The van der Waals surface area contributed by atoms with Gasteiger partial charge in [0.05, 0.1) is 0 Å². The Morgan fingerprint density at radius 3 is 2.45 bits per heavy atom. The van der Waals surface area contributed by atoms with Gasteiger partial charge in [-0.3, -0.25) is 4.79 Å². The predicted octanol–water partition coefficient (Wildman–Crippen LogP) is 2.41. The molecule has 0 atom stereocenters. The van der Waals surface area contributed by atoms with Gasteiger partial charge in [0.2, 0.25) is 0 Å². The van der Waals surface area contributed by atoms with Crippen LogP contribution >= 0.6 is 0 Å². The van der Waals surface area contributed by atoms with E-state index in [4.69, 9.17) is 10.5 Å². The van der Waals surface area contributed by atoms with Crippen LogP contribution in [0.4, 0.5) is 4.39 Å². The molecule has 0 saturated heterocycles. The van der Waals surface area contributed by atoms with E-state index < -0.39 is 5.83 Å². The number of hydrogen-bond acceptors (Lipinski definition) is 3. The Hall–Kier alpha value is -1.88. The second-order valence-electron chi connectivity index (χ2n) is 5.40. The number of hydrogen-bond donors (Lipinski definition) is 2. The fourth-order valence-corrected chi connectivity index (χ4v) is 1.45. The molecule has 20 heavy (non-hydrogen) atoms. The molecule has 110 valence electrons. The molecule has 5 heteroatoms. The lowest BCUT2D eigenvalue weighted by Crippen LogP contribution is -2.40. The van der Waals surface area contributed by atoms with Crippen LogP contribution in [0.5, 0.6) is 5.75 Å². The first-order valence-corrected chi connectivity index (χ1v) is 6.42. The number of halogens is 1. The van der Waals surface area contributed by atoms with Crippen LogP contribution in [0.15, 0.2) is 36.2 Å². The average Bonchev–Trinajstić information content (AvgIpc) is 2.35. The smallest absolute Gasteiger partial charge is 0.251 e. The highest BCUT2D eigenvalue weighted by atomic mass is 19.1. The summed E-state index contributed by atoms with van der Waals surface area (Å²) >= 11 is 0. The van der Waals surface area contributed by atoms with Crippen molar-refractivity contribution in [2.24, 2.45) is 5.73 Å². The van der Waals surface area contributed by atoms with E-state index in [0.29, 0.717) is 11.3 Å². The summed E-state index contributed by atoms with van der Waals surface area (Å²) in [7, 11) is 0. The third-order valence-corrected chi connectivity index (χ3v) is 2.32. The van der Waals surface area contributed by atoms with E-state index in [1.54, 1.807) is 24.3 Å². The van der Waals surface area contributed by atoms with Crippen molar-refractivity contribution in [2.75, 3.05) is 13.2 Å². The summed E-state index contributed by atoms with van der Waals surface area (Å²) in [5, 5.41) is 2.86. The molecule has 0 radical (unpaired) electrons. The zero-order valence-corrected chi connectivity index (χ0v) is 12.1. The molecule has 3 N–H and O–H groups in total. The average molecular weight is 280 g/mol. The molecule has 1 aromatic carbocycles. The maximum atomic E-state index is 13.1. The van der Waals surface area contributed by atoms with Gasteiger partial charge >= 0.3 is 0 Å². The molecule has 4 nitrogen and oxygen atoms in total. The van der Waals surface area contributed by atoms with E-state index in [1.807, 2.05) is 20.8 Å². The Balaban J connectivity index is 2.60. The molecule has 0 aliphatic heterocycles. The van der Waals surface area contributed by atoms with Crippen LogP contribution in [-0.4, -0.2) is 24.6 Å². The second-order valence-corrected chi connectivity index (χ2v) is 5.40. The van der Waals surface area contributed by atoms with Crippen molar-refractivity contribution >= 4 is 5.91 Å². The van der Waals surface area contributed by atoms with Crippen LogP contribution < -0.4 is 15.8 Å². The van der Waals surface area contributed by atoms with Crippen LogP contribution in [0.2, 0.25) is 0 Å². The van der Waals surface area contributed by atoms with Crippen molar-refractivity contribution in [2.45, 2.75) is 26.3 Å². The first-order chi connectivity index (χ1) is 9.31. The SMILES string of the molecule is CC(C)(C)NC(=O)c1ccc(OCC(F)=CCN)cc1. The third kappa shape index (κ3) is 5.84. The van der Waals surface area contributed by atoms with Crippen molar-refractivity contribution in [3.8, 4) is 5.75 Å². The fraction of sp³-hybridized carbons (Fsp3) is 0.400. The highest BCUT2D eigenvalue weighted by molar-refractivity contribution is 5.94. The first-order valence-electron chi connectivity index (χ1n) is 6.42. The number of carbonyl (C=O) groups excluding carboxylic acids is 1. The summed E-state index contributed by atoms with van der Waals surface area (Å²) in [5.41, 5.74) is 5.43. The third-order valence-electron chi connectivity index (χ3n) is 2.32. The molecule has 0 aromatic heterocycles. The molecule has 0 bridgehead atoms. The molecule has 0 spiro atoms. The second kappa shape index (κ2) is 7.05. The van der Waals surface area contributed by atoms with Gasteiger partial charge in [0.1, 0.15) is 18.2 Å². The van der Waals surface area contributed by atoms with Gasteiger partial charge in [-0.15, -0.1) is 0 Å². The van der Waals surface area contributed by atoms with Gasteiger partial charge in [-0.2, -0.15) is 0 Å². The molecule has 1 amide bonds. The standard InChI is InChI=1S/C15H21FN2O2/c1-15(2,3)18-14(19)11-4-6-13(7-5-11)20-10-12(16)8-9-17/h4-8H,9-10,17H2,1-3H3,(H,18,19). The van der Waals surface area contributed by atoms with Gasteiger partial charge in [-0.1, -0.05) is 0 Å². The number of carbonyl (C=O) groups is 1. The number of rotatable bonds is 5. The lowest BCUT2D eigenvalue weighted by molar-refractivity contribution is 0.0919. The fourth-order valence-electron chi connectivity index (χ4n) is 1.45. The molecule has 0 fully saturated rings. The Kier molecular flexibility index (Phi) is 5.70. The minimum absolute atomic E-state index is 0.140. The Morgan fingerprint density at radius 2 is 1.95 bits per heavy atom. The van der Waals surface area contributed by atoms with Crippen molar-refractivity contribution in [3.63, 3.8) is 0 Å².